The van der Waals surface area contributed by atoms with Crippen molar-refractivity contribution in [2.24, 2.45) is 5.92 Å². The van der Waals surface area contributed by atoms with Gasteiger partial charge in [0.1, 0.15) is 5.75 Å². The molecule has 0 bridgehead atoms. The molecule has 0 amide bonds. The maximum Gasteiger partial charge on any atom is 0.133 e. The lowest BCUT2D eigenvalue weighted by molar-refractivity contribution is 0.411. The fourth-order valence-electron chi connectivity index (χ4n) is 2.87. The Kier molecular flexibility index (Phi) is 5.71. The first-order valence-corrected chi connectivity index (χ1v) is 8.07. The van der Waals surface area contributed by atoms with Crippen molar-refractivity contribution in [3.05, 3.63) is 28.2 Å². The molecule has 0 heterocycles. The number of hydrogen-bond acceptors (Lipinski definition) is 2. The van der Waals surface area contributed by atoms with E-state index in [0.717, 1.165) is 22.7 Å². The number of benzene rings is 1. The van der Waals surface area contributed by atoms with Gasteiger partial charge in [-0.1, -0.05) is 31.7 Å². The van der Waals surface area contributed by atoms with E-state index in [1.54, 1.807) is 7.11 Å². The molecule has 1 fully saturated rings. The summed E-state index contributed by atoms with van der Waals surface area (Å²) in [6.45, 7) is 3.35. The van der Waals surface area contributed by atoms with Gasteiger partial charge in [-0.3, -0.25) is 0 Å². The fraction of sp³-hybridized carbons (Fsp3) is 0.625. The molecule has 1 atom stereocenters. The van der Waals surface area contributed by atoms with E-state index in [1.165, 1.54) is 37.7 Å². The molecule has 19 heavy (non-hydrogen) atoms. The number of nitrogens with one attached hydrogen (secondary N) is 1. The summed E-state index contributed by atoms with van der Waals surface area (Å²) in [5.41, 5.74) is 1.30. The van der Waals surface area contributed by atoms with Crippen LogP contribution in [0.25, 0.3) is 0 Å². The predicted molar refractivity (Wildman–Crippen MR) is 83.7 cm³/mol. The summed E-state index contributed by atoms with van der Waals surface area (Å²) < 4.78 is 6.29. The highest BCUT2D eigenvalue weighted by atomic mass is 79.9. The topological polar surface area (TPSA) is 21.3 Å². The predicted octanol–water partition coefficient (Wildman–Crippen LogP) is 4.69. The maximum atomic E-state index is 5.26. The van der Waals surface area contributed by atoms with Crippen LogP contribution in [0.4, 0.5) is 0 Å². The van der Waals surface area contributed by atoms with Crippen LogP contribution in [0.5, 0.6) is 5.75 Å². The standard InChI is InChI=1S/C16H24BrNO/c1-12(18-10-9-13-5-3-4-6-13)14-7-8-16(19-2)15(17)11-14/h7-8,11-13,18H,3-6,9-10H2,1-2H3. The Hall–Kier alpha value is -0.540. The van der Waals surface area contributed by atoms with Crippen molar-refractivity contribution in [2.75, 3.05) is 13.7 Å². The molecular weight excluding hydrogens is 302 g/mol. The molecular formula is C16H24BrNO. The highest BCUT2D eigenvalue weighted by Crippen LogP contribution is 2.29. The van der Waals surface area contributed by atoms with E-state index < -0.39 is 0 Å². The molecule has 2 nitrogen and oxygen atoms in total. The highest BCUT2D eigenvalue weighted by Gasteiger charge is 2.15. The van der Waals surface area contributed by atoms with Gasteiger partial charge in [0.15, 0.2) is 0 Å². The molecule has 0 aromatic heterocycles. The normalized spacial score (nSPS) is 17.6. The smallest absolute Gasteiger partial charge is 0.133 e. The Morgan fingerprint density at radius 3 is 2.74 bits per heavy atom. The van der Waals surface area contributed by atoms with Crippen molar-refractivity contribution in [3.63, 3.8) is 0 Å². The second-order valence-corrected chi connectivity index (χ2v) is 6.36. The van der Waals surface area contributed by atoms with Crippen LogP contribution in [0.15, 0.2) is 22.7 Å². The average molecular weight is 326 g/mol. The largest absolute Gasteiger partial charge is 0.496 e. The minimum Gasteiger partial charge on any atom is -0.496 e. The number of halogens is 1. The van der Waals surface area contributed by atoms with Gasteiger partial charge in [0, 0.05) is 6.04 Å². The number of rotatable bonds is 6. The lowest BCUT2D eigenvalue weighted by Gasteiger charge is -2.17. The van der Waals surface area contributed by atoms with Gasteiger partial charge in [-0.05, 0) is 59.4 Å². The molecule has 1 saturated carbocycles. The van der Waals surface area contributed by atoms with E-state index in [9.17, 15) is 0 Å². The minimum atomic E-state index is 0.392. The zero-order valence-corrected chi connectivity index (χ0v) is 13.5. The van der Waals surface area contributed by atoms with Crippen molar-refractivity contribution < 1.29 is 4.74 Å². The van der Waals surface area contributed by atoms with Crippen LogP contribution in [-0.2, 0) is 0 Å². The molecule has 0 radical (unpaired) electrons. The molecule has 1 unspecified atom stereocenters. The van der Waals surface area contributed by atoms with Crippen LogP contribution in [0.3, 0.4) is 0 Å². The summed E-state index contributed by atoms with van der Waals surface area (Å²) in [6.07, 6.45) is 7.06. The lowest BCUT2D eigenvalue weighted by Crippen LogP contribution is -2.21. The van der Waals surface area contributed by atoms with Gasteiger partial charge >= 0.3 is 0 Å². The van der Waals surface area contributed by atoms with E-state index in [0.29, 0.717) is 6.04 Å². The van der Waals surface area contributed by atoms with E-state index in [-0.39, 0.29) is 0 Å². The maximum absolute atomic E-state index is 5.26. The van der Waals surface area contributed by atoms with E-state index >= 15 is 0 Å². The summed E-state index contributed by atoms with van der Waals surface area (Å²) >= 11 is 3.54. The molecule has 1 aliphatic rings. The van der Waals surface area contributed by atoms with Crippen molar-refractivity contribution in [1.82, 2.24) is 5.32 Å². The summed E-state index contributed by atoms with van der Waals surface area (Å²) in [7, 11) is 1.70. The molecule has 0 saturated heterocycles. The monoisotopic (exact) mass is 325 g/mol. The first kappa shape index (κ1) is 14.9. The molecule has 0 spiro atoms. The third kappa shape index (κ3) is 4.22. The molecule has 106 valence electrons. The van der Waals surface area contributed by atoms with Crippen molar-refractivity contribution in [2.45, 2.75) is 45.1 Å². The van der Waals surface area contributed by atoms with Gasteiger partial charge < -0.3 is 10.1 Å². The zero-order valence-electron chi connectivity index (χ0n) is 11.9. The van der Waals surface area contributed by atoms with Crippen molar-refractivity contribution in [3.8, 4) is 5.75 Å². The number of hydrogen-bond donors (Lipinski definition) is 1. The second kappa shape index (κ2) is 7.30. The van der Waals surface area contributed by atoms with Crippen LogP contribution < -0.4 is 10.1 Å². The van der Waals surface area contributed by atoms with Gasteiger partial charge in [0.25, 0.3) is 0 Å². The zero-order chi connectivity index (χ0) is 13.7. The molecule has 3 heteroatoms. The first-order chi connectivity index (χ1) is 9.20. The third-order valence-electron chi connectivity index (χ3n) is 4.15. The molecule has 1 aliphatic carbocycles. The Morgan fingerprint density at radius 1 is 1.37 bits per heavy atom. The van der Waals surface area contributed by atoms with E-state index in [1.807, 2.05) is 6.07 Å². The van der Waals surface area contributed by atoms with Crippen molar-refractivity contribution >= 4 is 15.9 Å². The Morgan fingerprint density at radius 2 is 2.11 bits per heavy atom. The Bertz CT molecular complexity index is 402. The summed E-state index contributed by atoms with van der Waals surface area (Å²) in [5, 5.41) is 3.63. The van der Waals surface area contributed by atoms with Crippen LogP contribution in [0, 0.1) is 5.92 Å². The molecule has 1 aromatic carbocycles. The summed E-state index contributed by atoms with van der Waals surface area (Å²) in [4.78, 5) is 0. The third-order valence-corrected chi connectivity index (χ3v) is 4.77. The Labute approximate surface area is 125 Å². The first-order valence-electron chi connectivity index (χ1n) is 7.27. The summed E-state index contributed by atoms with van der Waals surface area (Å²) in [5.74, 6) is 1.85. The second-order valence-electron chi connectivity index (χ2n) is 5.51. The number of ether oxygens (including phenoxy) is 1. The molecule has 2 rings (SSSR count). The quantitative estimate of drug-likeness (QED) is 0.819. The van der Waals surface area contributed by atoms with E-state index in [4.69, 9.17) is 4.74 Å². The van der Waals surface area contributed by atoms with Crippen molar-refractivity contribution in [1.29, 1.82) is 0 Å². The molecule has 0 aliphatic heterocycles. The lowest BCUT2D eigenvalue weighted by atomic mass is 10.0. The van der Waals surface area contributed by atoms with Gasteiger partial charge in [0.05, 0.1) is 11.6 Å². The van der Waals surface area contributed by atoms with Gasteiger partial charge in [0.2, 0.25) is 0 Å². The average Bonchev–Trinajstić information content (AvgIpc) is 2.91. The Balaban J connectivity index is 1.81. The minimum absolute atomic E-state index is 0.392. The van der Waals surface area contributed by atoms with Crippen LogP contribution in [-0.4, -0.2) is 13.7 Å². The van der Waals surface area contributed by atoms with Gasteiger partial charge in [-0.25, -0.2) is 0 Å². The van der Waals surface area contributed by atoms with E-state index in [2.05, 4.69) is 40.3 Å². The SMILES string of the molecule is COc1ccc(C(C)NCCC2CCCC2)cc1Br. The fourth-order valence-corrected chi connectivity index (χ4v) is 3.43. The molecule has 1 N–H and O–H groups in total. The van der Waals surface area contributed by atoms with Crippen LogP contribution in [0.2, 0.25) is 0 Å². The van der Waals surface area contributed by atoms with Crippen LogP contribution >= 0.6 is 15.9 Å². The summed E-state index contributed by atoms with van der Waals surface area (Å²) in [6, 6.07) is 6.70. The van der Waals surface area contributed by atoms with Gasteiger partial charge in [-0.15, -0.1) is 0 Å². The highest BCUT2D eigenvalue weighted by molar-refractivity contribution is 9.10. The van der Waals surface area contributed by atoms with Gasteiger partial charge in [-0.2, -0.15) is 0 Å². The molecule has 1 aromatic rings. The number of methoxy groups -OCH3 is 1. The van der Waals surface area contributed by atoms with Crippen LogP contribution in [0.1, 0.15) is 50.6 Å².